The predicted molar refractivity (Wildman–Crippen MR) is 107 cm³/mol. The molecule has 4 nitrogen and oxygen atoms in total. The molecule has 0 fully saturated rings. The third-order valence-electron chi connectivity index (χ3n) is 4.50. The average molecular weight is 377 g/mol. The summed E-state index contributed by atoms with van der Waals surface area (Å²) in [7, 11) is 5.05. The van der Waals surface area contributed by atoms with Crippen LogP contribution in [0.4, 0.5) is 4.39 Å². The zero-order chi connectivity index (χ0) is 19.3. The van der Waals surface area contributed by atoms with Crippen molar-refractivity contribution >= 4 is 20.1 Å². The van der Waals surface area contributed by atoms with Crippen LogP contribution in [0.3, 0.4) is 0 Å². The summed E-state index contributed by atoms with van der Waals surface area (Å²) in [6, 6.07) is 8.22. The first-order valence-electron chi connectivity index (χ1n) is 8.33. The molecule has 0 radical (unpaired) electrons. The van der Waals surface area contributed by atoms with Crippen molar-refractivity contribution in [2.45, 2.75) is 25.4 Å². The maximum atomic E-state index is 13.6. The molecule has 0 aliphatic rings. The summed E-state index contributed by atoms with van der Waals surface area (Å²) in [6.45, 7) is 4.14. The third-order valence-corrected chi connectivity index (χ3v) is 6.40. The molecule has 2 aromatic carbocycles. The van der Waals surface area contributed by atoms with E-state index in [1.165, 1.54) is 19.2 Å². The van der Waals surface area contributed by atoms with E-state index < -0.39 is 0 Å². The van der Waals surface area contributed by atoms with Crippen molar-refractivity contribution in [3.8, 4) is 17.2 Å². The maximum absolute atomic E-state index is 13.6. The number of phenolic OH excluding ortho intramolecular Hbond substituents is 1. The molecular weight excluding hydrogens is 352 g/mol. The van der Waals surface area contributed by atoms with Crippen molar-refractivity contribution in [3.05, 3.63) is 47.3 Å². The lowest BCUT2D eigenvalue weighted by atomic mass is 9.95. The summed E-state index contributed by atoms with van der Waals surface area (Å²) in [4.78, 5) is 4.03. The second kappa shape index (κ2) is 8.50. The largest absolute Gasteiger partial charge is 0.504 e. The topological polar surface area (TPSA) is 51.0 Å². The van der Waals surface area contributed by atoms with Crippen LogP contribution in [0.1, 0.15) is 31.4 Å². The molecule has 26 heavy (non-hydrogen) atoms. The third kappa shape index (κ3) is 4.16. The summed E-state index contributed by atoms with van der Waals surface area (Å²) in [6.07, 6.45) is 2.43. The van der Waals surface area contributed by atoms with E-state index in [1.807, 2.05) is 6.07 Å². The van der Waals surface area contributed by atoms with Crippen LogP contribution in [-0.4, -0.2) is 32.6 Å². The van der Waals surface area contributed by atoms with Gasteiger partial charge < -0.3 is 14.6 Å². The van der Waals surface area contributed by atoms with E-state index >= 15 is 0 Å². The Morgan fingerprint density at radius 2 is 1.96 bits per heavy atom. The summed E-state index contributed by atoms with van der Waals surface area (Å²) >= 11 is 0. The first-order valence-corrected chi connectivity index (χ1v) is 9.33. The first-order chi connectivity index (χ1) is 12.4. The highest BCUT2D eigenvalue weighted by atomic mass is 31.1. The van der Waals surface area contributed by atoms with Crippen molar-refractivity contribution in [1.29, 1.82) is 0 Å². The van der Waals surface area contributed by atoms with E-state index in [1.54, 1.807) is 32.5 Å². The number of halogens is 1. The molecule has 0 saturated carbocycles. The standard InChI is InChI=1S/C20H25FNO3P/c1-6-20(2,16-10-15(24-4)11-17(25-5)19(16)23)26-18-8-7-14(21)9-13(18)12-22-3/h7-12,23,26H,6H2,1-5H3/b22-12+. The molecule has 0 bridgehead atoms. The number of phenols is 1. The van der Waals surface area contributed by atoms with Crippen molar-refractivity contribution in [1.82, 2.24) is 0 Å². The Balaban J connectivity index is 2.56. The first kappa shape index (κ1) is 20.2. The fraction of sp³-hybridized carbons (Fsp3) is 0.350. The Morgan fingerprint density at radius 1 is 1.23 bits per heavy atom. The molecule has 0 amide bonds. The van der Waals surface area contributed by atoms with Gasteiger partial charge in [0.05, 0.1) is 14.2 Å². The Labute approximate surface area is 155 Å². The highest BCUT2D eigenvalue weighted by Gasteiger charge is 2.31. The van der Waals surface area contributed by atoms with Crippen molar-refractivity contribution in [2.75, 3.05) is 21.3 Å². The molecule has 140 valence electrons. The van der Waals surface area contributed by atoms with Gasteiger partial charge in [0.1, 0.15) is 11.6 Å². The predicted octanol–water partition coefficient (Wildman–Crippen LogP) is 4.23. The van der Waals surface area contributed by atoms with Crippen LogP contribution in [0.2, 0.25) is 0 Å². The van der Waals surface area contributed by atoms with Crippen LogP contribution in [0.25, 0.3) is 0 Å². The summed E-state index contributed by atoms with van der Waals surface area (Å²) in [5.41, 5.74) is 1.50. The van der Waals surface area contributed by atoms with Crippen LogP contribution < -0.4 is 14.8 Å². The molecule has 0 aromatic heterocycles. The van der Waals surface area contributed by atoms with Gasteiger partial charge in [-0.15, -0.1) is 0 Å². The number of rotatable bonds is 7. The Hall–Kier alpha value is -2.13. The summed E-state index contributed by atoms with van der Waals surface area (Å²) in [5, 5.41) is 11.3. The Morgan fingerprint density at radius 3 is 2.54 bits per heavy atom. The lowest BCUT2D eigenvalue weighted by Gasteiger charge is -2.31. The molecule has 0 saturated heterocycles. The monoisotopic (exact) mass is 377 g/mol. The van der Waals surface area contributed by atoms with Gasteiger partial charge in [0, 0.05) is 35.6 Å². The number of aliphatic imine (C=N–C) groups is 1. The van der Waals surface area contributed by atoms with Gasteiger partial charge >= 0.3 is 0 Å². The van der Waals surface area contributed by atoms with Gasteiger partial charge in [-0.1, -0.05) is 28.5 Å². The van der Waals surface area contributed by atoms with Crippen LogP contribution >= 0.6 is 8.58 Å². The molecule has 0 heterocycles. The van der Waals surface area contributed by atoms with E-state index in [0.29, 0.717) is 20.1 Å². The van der Waals surface area contributed by atoms with E-state index in [0.717, 1.165) is 22.9 Å². The fourth-order valence-electron chi connectivity index (χ4n) is 2.81. The molecule has 0 aliphatic carbocycles. The normalized spacial score (nSPS) is 14.1. The maximum Gasteiger partial charge on any atom is 0.164 e. The second-order valence-corrected chi connectivity index (χ2v) is 8.05. The number of hydrogen-bond donors (Lipinski definition) is 1. The number of ether oxygens (including phenoxy) is 2. The van der Waals surface area contributed by atoms with E-state index in [-0.39, 0.29) is 16.7 Å². The van der Waals surface area contributed by atoms with Gasteiger partial charge in [0.25, 0.3) is 0 Å². The van der Waals surface area contributed by atoms with Crippen molar-refractivity contribution in [2.24, 2.45) is 4.99 Å². The highest BCUT2D eigenvalue weighted by Crippen LogP contribution is 2.50. The van der Waals surface area contributed by atoms with E-state index in [2.05, 4.69) is 18.8 Å². The van der Waals surface area contributed by atoms with Gasteiger partial charge in [-0.25, -0.2) is 4.39 Å². The number of aromatic hydroxyl groups is 1. The van der Waals surface area contributed by atoms with Gasteiger partial charge in [-0.3, -0.25) is 4.99 Å². The molecule has 2 atom stereocenters. The minimum Gasteiger partial charge on any atom is -0.504 e. The van der Waals surface area contributed by atoms with Gasteiger partial charge in [0.2, 0.25) is 0 Å². The van der Waals surface area contributed by atoms with Crippen LogP contribution in [0.15, 0.2) is 35.3 Å². The second-order valence-electron chi connectivity index (χ2n) is 6.16. The fourth-order valence-corrected chi connectivity index (χ4v) is 4.36. The zero-order valence-electron chi connectivity index (χ0n) is 15.8. The number of nitrogens with zero attached hydrogens (tertiary/aromatic N) is 1. The van der Waals surface area contributed by atoms with Crippen LogP contribution in [0, 0.1) is 5.82 Å². The number of hydrogen-bond acceptors (Lipinski definition) is 4. The zero-order valence-corrected chi connectivity index (χ0v) is 16.8. The highest BCUT2D eigenvalue weighted by molar-refractivity contribution is 7.48. The number of methoxy groups -OCH3 is 2. The molecule has 2 unspecified atom stereocenters. The van der Waals surface area contributed by atoms with Gasteiger partial charge in [0.15, 0.2) is 11.5 Å². The van der Waals surface area contributed by atoms with Crippen molar-refractivity contribution in [3.63, 3.8) is 0 Å². The van der Waals surface area contributed by atoms with E-state index in [4.69, 9.17) is 9.47 Å². The summed E-state index contributed by atoms with van der Waals surface area (Å²) in [5.74, 6) is 0.808. The van der Waals surface area contributed by atoms with Gasteiger partial charge in [-0.2, -0.15) is 0 Å². The minimum absolute atomic E-state index is 0.109. The minimum atomic E-state index is -0.375. The molecule has 0 spiro atoms. The Bertz CT molecular complexity index is 810. The van der Waals surface area contributed by atoms with Crippen LogP contribution in [-0.2, 0) is 5.16 Å². The molecule has 6 heteroatoms. The van der Waals surface area contributed by atoms with Crippen molar-refractivity contribution < 1.29 is 19.0 Å². The molecule has 2 aromatic rings. The van der Waals surface area contributed by atoms with Crippen LogP contribution in [0.5, 0.6) is 17.2 Å². The lowest BCUT2D eigenvalue weighted by molar-refractivity contribution is 0.357. The molecular formula is C20H25FNO3P. The molecule has 1 N–H and O–H groups in total. The van der Waals surface area contributed by atoms with Gasteiger partial charge in [-0.05, 0) is 29.9 Å². The average Bonchev–Trinajstić information content (AvgIpc) is 2.64. The smallest absolute Gasteiger partial charge is 0.164 e. The SMILES string of the molecule is CCC(C)(Pc1ccc(F)cc1/C=N/C)c1cc(OC)cc(OC)c1O. The number of benzene rings is 2. The quantitative estimate of drug-likeness (QED) is 0.580. The molecule has 0 aliphatic heterocycles. The molecule has 2 rings (SSSR count). The summed E-state index contributed by atoms with van der Waals surface area (Å²) < 4.78 is 24.3. The Kier molecular flexibility index (Phi) is 6.60. The lowest BCUT2D eigenvalue weighted by Crippen LogP contribution is -2.20. The van der Waals surface area contributed by atoms with E-state index in [9.17, 15) is 9.50 Å².